The first kappa shape index (κ1) is 13.7. The molecule has 0 saturated carbocycles. The minimum atomic E-state index is -0.739. The van der Waals surface area contributed by atoms with Crippen LogP contribution in [0.5, 0.6) is 0 Å². The van der Waals surface area contributed by atoms with E-state index in [4.69, 9.17) is 4.74 Å². The molecule has 4 nitrogen and oxygen atoms in total. The van der Waals surface area contributed by atoms with Crippen LogP contribution in [0.15, 0.2) is 12.1 Å². The number of rotatable bonds is 4. The third-order valence-corrected chi connectivity index (χ3v) is 3.55. The Morgan fingerprint density at radius 2 is 1.95 bits per heavy atom. The number of anilines is 1. The van der Waals surface area contributed by atoms with Gasteiger partial charge < -0.3 is 9.64 Å². The molecule has 1 aliphatic heterocycles. The molecule has 102 valence electrons. The molecule has 0 aromatic heterocycles. The van der Waals surface area contributed by atoms with E-state index in [2.05, 4.69) is 0 Å². The maximum absolute atomic E-state index is 13.9. The minimum Gasteiger partial charge on any atom is -0.381 e. The quantitative estimate of drug-likeness (QED) is 0.782. The number of benzene rings is 1. The van der Waals surface area contributed by atoms with E-state index < -0.39 is 5.82 Å². The van der Waals surface area contributed by atoms with E-state index in [0.29, 0.717) is 31.3 Å². The van der Waals surface area contributed by atoms with Gasteiger partial charge in [0.1, 0.15) is 5.82 Å². The molecule has 0 unspecified atom stereocenters. The Morgan fingerprint density at radius 3 is 2.47 bits per heavy atom. The monoisotopic (exact) mass is 265 g/mol. The van der Waals surface area contributed by atoms with Gasteiger partial charge in [0.25, 0.3) is 0 Å². The highest BCUT2D eigenvalue weighted by molar-refractivity contribution is 5.89. The molecule has 1 saturated heterocycles. The average Bonchev–Trinajstić information content (AvgIpc) is 2.47. The van der Waals surface area contributed by atoms with Gasteiger partial charge in [-0.3, -0.25) is 9.59 Å². The van der Waals surface area contributed by atoms with E-state index in [-0.39, 0.29) is 17.2 Å². The number of nitrogens with zero attached hydrogens (tertiary/aromatic N) is 1. The normalized spacial score (nSPS) is 16.4. The van der Waals surface area contributed by atoms with E-state index in [1.54, 1.807) is 13.2 Å². The molecule has 1 aromatic carbocycles. The molecule has 0 atom stereocenters. The predicted molar refractivity (Wildman–Crippen MR) is 69.4 cm³/mol. The third-order valence-electron chi connectivity index (χ3n) is 3.55. The van der Waals surface area contributed by atoms with Gasteiger partial charge in [-0.15, -0.1) is 0 Å². The maximum atomic E-state index is 13.9. The Labute approximate surface area is 111 Å². The predicted octanol–water partition coefficient (Wildman–Crippen LogP) is 2.07. The molecule has 0 spiro atoms. The van der Waals surface area contributed by atoms with E-state index in [1.807, 2.05) is 4.90 Å². The molecule has 1 aliphatic rings. The van der Waals surface area contributed by atoms with Gasteiger partial charge in [0.05, 0.1) is 22.9 Å². The van der Waals surface area contributed by atoms with Crippen LogP contribution < -0.4 is 4.90 Å². The number of ether oxygens (including phenoxy) is 1. The van der Waals surface area contributed by atoms with E-state index in [0.717, 1.165) is 12.8 Å². The molecule has 0 amide bonds. The zero-order valence-corrected chi connectivity index (χ0v) is 10.8. The molecule has 0 radical (unpaired) electrons. The highest BCUT2D eigenvalue weighted by Gasteiger charge is 2.22. The van der Waals surface area contributed by atoms with E-state index in [9.17, 15) is 14.0 Å². The minimum absolute atomic E-state index is 0.0412. The van der Waals surface area contributed by atoms with Gasteiger partial charge in [-0.1, -0.05) is 0 Å². The SMILES string of the molecule is COC1CCN(c2ccc(C=O)c(F)c2C=O)CC1. The average molecular weight is 265 g/mol. The highest BCUT2D eigenvalue weighted by Crippen LogP contribution is 2.27. The molecule has 1 fully saturated rings. The largest absolute Gasteiger partial charge is 0.381 e. The van der Waals surface area contributed by atoms with E-state index >= 15 is 0 Å². The van der Waals surface area contributed by atoms with Crippen molar-refractivity contribution in [3.63, 3.8) is 0 Å². The van der Waals surface area contributed by atoms with Crippen molar-refractivity contribution in [1.82, 2.24) is 0 Å². The number of methoxy groups -OCH3 is 1. The molecule has 19 heavy (non-hydrogen) atoms. The van der Waals surface area contributed by atoms with Gasteiger partial charge in [0, 0.05) is 20.2 Å². The van der Waals surface area contributed by atoms with Crippen molar-refractivity contribution in [1.29, 1.82) is 0 Å². The van der Waals surface area contributed by atoms with Crippen molar-refractivity contribution >= 4 is 18.3 Å². The second-order valence-corrected chi connectivity index (χ2v) is 4.56. The first-order valence-corrected chi connectivity index (χ1v) is 6.21. The zero-order chi connectivity index (χ0) is 13.8. The van der Waals surface area contributed by atoms with Crippen molar-refractivity contribution < 1.29 is 18.7 Å². The molecule has 0 aliphatic carbocycles. The van der Waals surface area contributed by atoms with Gasteiger partial charge in [-0.2, -0.15) is 0 Å². The summed E-state index contributed by atoms with van der Waals surface area (Å²) < 4.78 is 19.2. The van der Waals surface area contributed by atoms with Gasteiger partial charge in [0.15, 0.2) is 12.6 Å². The summed E-state index contributed by atoms with van der Waals surface area (Å²) in [6, 6.07) is 3.04. The van der Waals surface area contributed by atoms with Crippen molar-refractivity contribution in [3.8, 4) is 0 Å². The second kappa shape index (κ2) is 5.93. The smallest absolute Gasteiger partial charge is 0.155 e. The first-order chi connectivity index (χ1) is 9.21. The molecule has 2 rings (SSSR count). The number of aldehydes is 2. The van der Waals surface area contributed by atoms with Crippen LogP contribution in [0.25, 0.3) is 0 Å². The number of carbonyl (C=O) groups excluding carboxylic acids is 2. The molecule has 1 heterocycles. The fourth-order valence-corrected chi connectivity index (χ4v) is 2.41. The molecular formula is C14H16FNO3. The summed E-state index contributed by atoms with van der Waals surface area (Å²) in [6.45, 7) is 1.42. The Balaban J connectivity index is 2.28. The summed E-state index contributed by atoms with van der Waals surface area (Å²) in [7, 11) is 1.68. The lowest BCUT2D eigenvalue weighted by atomic mass is 10.0. The number of hydrogen-bond donors (Lipinski definition) is 0. The van der Waals surface area contributed by atoms with Crippen LogP contribution in [0.3, 0.4) is 0 Å². The van der Waals surface area contributed by atoms with Crippen LogP contribution in [0.1, 0.15) is 33.6 Å². The van der Waals surface area contributed by atoms with Crippen LogP contribution in [0.2, 0.25) is 0 Å². The lowest BCUT2D eigenvalue weighted by molar-refractivity contribution is 0.0819. The van der Waals surface area contributed by atoms with Gasteiger partial charge in [0.2, 0.25) is 0 Å². The summed E-state index contributed by atoms with van der Waals surface area (Å²) in [5.41, 5.74) is 0.422. The second-order valence-electron chi connectivity index (χ2n) is 4.56. The number of piperidine rings is 1. The fraction of sp³-hybridized carbons (Fsp3) is 0.429. The summed E-state index contributed by atoms with van der Waals surface area (Å²) in [4.78, 5) is 23.7. The number of carbonyl (C=O) groups is 2. The fourth-order valence-electron chi connectivity index (χ4n) is 2.41. The molecule has 0 N–H and O–H groups in total. The zero-order valence-electron chi connectivity index (χ0n) is 10.8. The topological polar surface area (TPSA) is 46.6 Å². The Hall–Kier alpha value is -1.75. The van der Waals surface area contributed by atoms with Crippen molar-refractivity contribution in [2.45, 2.75) is 18.9 Å². The molecule has 1 aromatic rings. The summed E-state index contributed by atoms with van der Waals surface area (Å²) in [6.07, 6.45) is 2.79. The first-order valence-electron chi connectivity index (χ1n) is 6.21. The van der Waals surface area contributed by atoms with Crippen LogP contribution in [0.4, 0.5) is 10.1 Å². The molecule has 5 heteroatoms. The lowest BCUT2D eigenvalue weighted by Crippen LogP contribution is -2.37. The lowest BCUT2D eigenvalue weighted by Gasteiger charge is -2.33. The Kier molecular flexibility index (Phi) is 4.27. The highest BCUT2D eigenvalue weighted by atomic mass is 19.1. The molecular weight excluding hydrogens is 249 g/mol. The summed E-state index contributed by atoms with van der Waals surface area (Å²) >= 11 is 0. The van der Waals surface area contributed by atoms with Gasteiger partial charge in [-0.05, 0) is 25.0 Å². The van der Waals surface area contributed by atoms with Crippen LogP contribution in [0, 0.1) is 5.82 Å². The molecule has 0 bridgehead atoms. The Morgan fingerprint density at radius 1 is 1.26 bits per heavy atom. The van der Waals surface area contributed by atoms with E-state index in [1.165, 1.54) is 6.07 Å². The van der Waals surface area contributed by atoms with Crippen molar-refractivity contribution in [2.75, 3.05) is 25.1 Å². The van der Waals surface area contributed by atoms with Crippen LogP contribution in [-0.2, 0) is 4.74 Å². The van der Waals surface area contributed by atoms with Crippen molar-refractivity contribution in [3.05, 3.63) is 29.1 Å². The Bertz CT molecular complexity index is 482. The maximum Gasteiger partial charge on any atom is 0.155 e. The summed E-state index contributed by atoms with van der Waals surface area (Å²) in [5.74, 6) is -0.739. The number of halogens is 1. The van der Waals surface area contributed by atoms with Crippen LogP contribution >= 0.6 is 0 Å². The summed E-state index contributed by atoms with van der Waals surface area (Å²) in [5, 5.41) is 0. The van der Waals surface area contributed by atoms with Crippen LogP contribution in [-0.4, -0.2) is 38.9 Å². The standard InChI is InChI=1S/C14H16FNO3/c1-19-11-4-6-16(7-5-11)13-3-2-10(8-17)14(15)12(13)9-18/h2-3,8-9,11H,4-7H2,1H3. The van der Waals surface area contributed by atoms with Gasteiger partial charge in [-0.25, -0.2) is 4.39 Å². The third kappa shape index (κ3) is 2.66. The van der Waals surface area contributed by atoms with Crippen molar-refractivity contribution in [2.24, 2.45) is 0 Å². The number of hydrogen-bond acceptors (Lipinski definition) is 4. The van der Waals surface area contributed by atoms with Gasteiger partial charge >= 0.3 is 0 Å².